The van der Waals surface area contributed by atoms with Gasteiger partial charge in [0, 0.05) is 17.3 Å². The molecule has 4 aromatic rings. The molecule has 1 amide bonds. The zero-order valence-electron chi connectivity index (χ0n) is 17.1. The Hall–Kier alpha value is -3.61. The van der Waals surface area contributed by atoms with Crippen LogP contribution in [-0.4, -0.2) is 27.3 Å². The second-order valence-electron chi connectivity index (χ2n) is 6.90. The van der Waals surface area contributed by atoms with Crippen molar-refractivity contribution in [1.82, 2.24) is 14.8 Å². The highest BCUT2D eigenvalue weighted by atomic mass is 16.5. The fraction of sp³-hybridized carbons (Fsp3) is 0.261. The van der Waals surface area contributed by atoms with Gasteiger partial charge in [-0.25, -0.2) is 0 Å². The smallest absolute Gasteiger partial charge is 0.264 e. The minimum absolute atomic E-state index is 0.106. The van der Waals surface area contributed by atoms with Crippen LogP contribution >= 0.6 is 0 Å². The van der Waals surface area contributed by atoms with E-state index in [9.17, 15) is 4.79 Å². The van der Waals surface area contributed by atoms with E-state index in [1.165, 1.54) is 0 Å². The molecule has 2 heterocycles. The molecule has 30 heavy (non-hydrogen) atoms. The van der Waals surface area contributed by atoms with Gasteiger partial charge in [0.05, 0.1) is 12.3 Å². The molecule has 2 aromatic heterocycles. The van der Waals surface area contributed by atoms with E-state index in [1.54, 1.807) is 0 Å². The number of fused-ring (bicyclic) bond motifs is 1. The van der Waals surface area contributed by atoms with E-state index in [-0.39, 0.29) is 12.5 Å². The zero-order chi connectivity index (χ0) is 20.9. The molecule has 0 saturated carbocycles. The van der Waals surface area contributed by atoms with Crippen LogP contribution in [-0.2, 0) is 17.8 Å². The second kappa shape index (κ2) is 8.82. The van der Waals surface area contributed by atoms with Crippen molar-refractivity contribution in [3.05, 3.63) is 60.5 Å². The number of hydrogen-bond acceptors (Lipinski definition) is 5. The lowest BCUT2D eigenvalue weighted by Crippen LogP contribution is -2.19. The zero-order valence-corrected chi connectivity index (χ0v) is 17.1. The van der Waals surface area contributed by atoms with Crippen molar-refractivity contribution < 1.29 is 13.9 Å². The van der Waals surface area contributed by atoms with Crippen molar-refractivity contribution in [3.8, 4) is 17.3 Å². The monoisotopic (exact) mass is 404 g/mol. The fourth-order valence-electron chi connectivity index (χ4n) is 3.41. The van der Waals surface area contributed by atoms with Gasteiger partial charge < -0.3 is 19.0 Å². The van der Waals surface area contributed by atoms with E-state index >= 15 is 0 Å². The molecule has 7 heteroatoms. The van der Waals surface area contributed by atoms with E-state index in [2.05, 4.69) is 22.4 Å². The molecule has 0 aliphatic heterocycles. The van der Waals surface area contributed by atoms with E-state index in [4.69, 9.17) is 9.15 Å². The van der Waals surface area contributed by atoms with Gasteiger partial charge in [-0.15, -0.1) is 10.2 Å². The van der Waals surface area contributed by atoms with Crippen molar-refractivity contribution >= 4 is 22.5 Å². The van der Waals surface area contributed by atoms with E-state index in [0.717, 1.165) is 29.4 Å². The molecule has 0 radical (unpaired) electrons. The highest BCUT2D eigenvalue weighted by molar-refractivity contribution is 5.94. The maximum absolute atomic E-state index is 12.9. The third-order valence-electron chi connectivity index (χ3n) is 4.72. The fourth-order valence-corrected chi connectivity index (χ4v) is 3.41. The van der Waals surface area contributed by atoms with Crippen LogP contribution < -0.4 is 10.1 Å². The molecular formula is C23H24N4O3. The molecule has 0 bridgehead atoms. The number of amides is 1. The first-order valence-corrected chi connectivity index (χ1v) is 10.1. The highest BCUT2D eigenvalue weighted by Crippen LogP contribution is 2.28. The Bertz CT molecular complexity index is 1160. The Labute approximate surface area is 174 Å². The Kier molecular flexibility index (Phi) is 5.79. The molecule has 0 fully saturated rings. The quantitative estimate of drug-likeness (QED) is 0.461. The van der Waals surface area contributed by atoms with Gasteiger partial charge in [-0.3, -0.25) is 4.79 Å². The summed E-state index contributed by atoms with van der Waals surface area (Å²) in [4.78, 5) is 12.9. The van der Waals surface area contributed by atoms with Crippen molar-refractivity contribution in [2.24, 2.45) is 0 Å². The van der Waals surface area contributed by atoms with Crippen LogP contribution in [0.2, 0.25) is 0 Å². The molecule has 0 unspecified atom stereocenters. The largest absolute Gasteiger partial charge is 0.492 e. The molecule has 1 N–H and O–H groups in total. The first-order chi connectivity index (χ1) is 14.7. The summed E-state index contributed by atoms with van der Waals surface area (Å²) >= 11 is 0. The van der Waals surface area contributed by atoms with Gasteiger partial charge in [0.1, 0.15) is 18.0 Å². The Balaban J connectivity index is 1.65. The molecule has 0 atom stereocenters. The van der Waals surface area contributed by atoms with Crippen LogP contribution in [0.5, 0.6) is 5.75 Å². The van der Waals surface area contributed by atoms with Crippen molar-refractivity contribution in [2.75, 3.05) is 11.9 Å². The number of para-hydroxylation sites is 3. The number of carbonyl (C=O) groups excluding carboxylic acids is 1. The molecule has 4 rings (SSSR count). The Morgan fingerprint density at radius 2 is 1.90 bits per heavy atom. The van der Waals surface area contributed by atoms with Crippen LogP contribution in [0.25, 0.3) is 22.5 Å². The number of rotatable bonds is 8. The number of carbonyl (C=O) groups is 1. The molecular weight excluding hydrogens is 380 g/mol. The first kappa shape index (κ1) is 19.7. The first-order valence-electron chi connectivity index (χ1n) is 10.1. The summed E-state index contributed by atoms with van der Waals surface area (Å²) < 4.78 is 13.3. The summed E-state index contributed by atoms with van der Waals surface area (Å²) in [6.07, 6.45) is 1.65. The Morgan fingerprint density at radius 1 is 1.10 bits per heavy atom. The molecule has 0 aliphatic carbocycles. The molecule has 0 aliphatic rings. The second-order valence-corrected chi connectivity index (χ2v) is 6.90. The van der Waals surface area contributed by atoms with Gasteiger partial charge in [-0.1, -0.05) is 37.3 Å². The van der Waals surface area contributed by atoms with E-state index in [0.29, 0.717) is 29.8 Å². The number of hydrogen-bond donors (Lipinski definition) is 1. The summed E-state index contributed by atoms with van der Waals surface area (Å²) in [6, 6.07) is 17.3. The molecule has 7 nitrogen and oxygen atoms in total. The van der Waals surface area contributed by atoms with Gasteiger partial charge in [-0.2, -0.15) is 0 Å². The van der Waals surface area contributed by atoms with Crippen LogP contribution in [0.4, 0.5) is 5.69 Å². The summed E-state index contributed by atoms with van der Waals surface area (Å²) in [6.45, 7) is 4.60. The normalized spacial score (nSPS) is 11.0. The number of nitrogens with zero attached hydrogens (tertiary/aromatic N) is 3. The SMILES string of the molecule is CCCc1nnc(-c2cc3ccccc3n2CC(=O)Nc2ccccc2OCC)o1. The average Bonchev–Trinajstić information content (AvgIpc) is 3.35. The summed E-state index contributed by atoms with van der Waals surface area (Å²) in [5.74, 6) is 1.49. The molecule has 2 aromatic carbocycles. The number of benzene rings is 2. The third-order valence-corrected chi connectivity index (χ3v) is 4.72. The van der Waals surface area contributed by atoms with Crippen LogP contribution in [0.1, 0.15) is 26.2 Å². The molecule has 0 spiro atoms. The van der Waals surface area contributed by atoms with Gasteiger partial charge in [0.25, 0.3) is 5.89 Å². The van der Waals surface area contributed by atoms with Gasteiger partial charge >= 0.3 is 0 Å². The van der Waals surface area contributed by atoms with Gasteiger partial charge in [0.15, 0.2) is 0 Å². The lowest BCUT2D eigenvalue weighted by Gasteiger charge is -2.13. The Morgan fingerprint density at radius 3 is 2.73 bits per heavy atom. The number of anilines is 1. The maximum atomic E-state index is 12.9. The summed E-state index contributed by atoms with van der Waals surface area (Å²) in [5, 5.41) is 12.3. The minimum Gasteiger partial charge on any atom is -0.492 e. The number of aryl methyl sites for hydroxylation is 1. The average molecular weight is 404 g/mol. The lowest BCUT2D eigenvalue weighted by atomic mass is 10.2. The van der Waals surface area contributed by atoms with Gasteiger partial charge in [-0.05, 0) is 37.6 Å². The topological polar surface area (TPSA) is 82.2 Å². The standard InChI is InChI=1S/C23H24N4O3/c1-3-9-22-25-26-23(30-22)19-14-16-10-5-7-12-18(16)27(19)15-21(28)24-17-11-6-8-13-20(17)29-4-2/h5-8,10-14H,3-4,9,15H2,1-2H3,(H,24,28). The lowest BCUT2D eigenvalue weighted by molar-refractivity contribution is -0.116. The van der Waals surface area contributed by atoms with E-state index in [1.807, 2.05) is 66.1 Å². The van der Waals surface area contributed by atoms with Crippen LogP contribution in [0.15, 0.2) is 59.0 Å². The van der Waals surface area contributed by atoms with Crippen LogP contribution in [0.3, 0.4) is 0 Å². The number of aromatic nitrogens is 3. The predicted molar refractivity (Wildman–Crippen MR) is 115 cm³/mol. The molecule has 0 saturated heterocycles. The summed E-state index contributed by atoms with van der Waals surface area (Å²) in [5.41, 5.74) is 2.29. The number of ether oxygens (including phenoxy) is 1. The maximum Gasteiger partial charge on any atom is 0.264 e. The van der Waals surface area contributed by atoms with E-state index < -0.39 is 0 Å². The summed E-state index contributed by atoms with van der Waals surface area (Å²) in [7, 11) is 0. The van der Waals surface area contributed by atoms with Crippen molar-refractivity contribution in [3.63, 3.8) is 0 Å². The van der Waals surface area contributed by atoms with Crippen LogP contribution in [0, 0.1) is 0 Å². The predicted octanol–water partition coefficient (Wildman–Crippen LogP) is 4.68. The molecule has 154 valence electrons. The highest BCUT2D eigenvalue weighted by Gasteiger charge is 2.18. The third kappa shape index (κ3) is 4.05. The number of nitrogens with one attached hydrogen (secondary N) is 1. The van der Waals surface area contributed by atoms with Gasteiger partial charge in [0.2, 0.25) is 11.8 Å². The minimum atomic E-state index is -0.168. The van der Waals surface area contributed by atoms with Crippen molar-refractivity contribution in [2.45, 2.75) is 33.2 Å². The van der Waals surface area contributed by atoms with Crippen molar-refractivity contribution in [1.29, 1.82) is 0 Å².